The molecule has 0 unspecified atom stereocenters. The largest absolute Gasteiger partial charge is 0.434 e. The first-order valence-electron chi connectivity index (χ1n) is 5.28. The number of aryl methyl sites for hydroxylation is 1. The average molecular weight is 293 g/mol. The molecule has 0 amide bonds. The molecule has 102 valence electrons. The van der Waals surface area contributed by atoms with E-state index in [9.17, 15) is 17.6 Å². The van der Waals surface area contributed by atoms with Gasteiger partial charge in [-0.15, -0.1) is 11.6 Å². The maximum absolute atomic E-state index is 13.8. The molecule has 0 saturated heterocycles. The van der Waals surface area contributed by atoms with E-state index in [2.05, 4.69) is 4.98 Å². The number of rotatable bonds is 2. The van der Waals surface area contributed by atoms with Gasteiger partial charge in [0.05, 0.1) is 5.56 Å². The van der Waals surface area contributed by atoms with Crippen molar-refractivity contribution in [3.8, 4) is 11.4 Å². The molecule has 1 aromatic heterocycles. The Labute approximate surface area is 111 Å². The molecule has 2 rings (SSSR count). The lowest BCUT2D eigenvalue weighted by atomic mass is 10.1. The highest BCUT2D eigenvalue weighted by Crippen LogP contribution is 2.31. The monoisotopic (exact) mass is 292 g/mol. The third kappa shape index (κ3) is 2.73. The van der Waals surface area contributed by atoms with Gasteiger partial charge in [0.25, 0.3) is 0 Å². The molecule has 2 aromatic rings. The van der Waals surface area contributed by atoms with Crippen LogP contribution in [0.4, 0.5) is 17.6 Å². The molecule has 0 aliphatic heterocycles. The van der Waals surface area contributed by atoms with Crippen LogP contribution >= 0.6 is 11.6 Å². The third-order valence-electron chi connectivity index (χ3n) is 2.60. The summed E-state index contributed by atoms with van der Waals surface area (Å²) in [7, 11) is 1.38. The molecule has 0 N–H and O–H groups in total. The molecule has 0 bridgehead atoms. The van der Waals surface area contributed by atoms with Gasteiger partial charge in [0.15, 0.2) is 5.69 Å². The molecule has 0 spiro atoms. The summed E-state index contributed by atoms with van der Waals surface area (Å²) in [4.78, 5) is 3.43. The molecule has 0 saturated carbocycles. The number of alkyl halides is 4. The molecule has 1 aromatic carbocycles. The van der Waals surface area contributed by atoms with Crippen LogP contribution in [0.3, 0.4) is 0 Å². The number of imidazole rings is 1. The van der Waals surface area contributed by atoms with Crippen LogP contribution in [0.25, 0.3) is 11.4 Å². The molecule has 0 aliphatic rings. The minimum absolute atomic E-state index is 0.00636. The second kappa shape index (κ2) is 4.85. The van der Waals surface area contributed by atoms with Crippen LogP contribution < -0.4 is 0 Å². The topological polar surface area (TPSA) is 17.8 Å². The molecule has 1 heterocycles. The van der Waals surface area contributed by atoms with Crippen molar-refractivity contribution in [1.82, 2.24) is 9.55 Å². The highest BCUT2D eigenvalue weighted by atomic mass is 35.5. The highest BCUT2D eigenvalue weighted by molar-refractivity contribution is 6.17. The minimum Gasteiger partial charge on any atom is -0.333 e. The minimum atomic E-state index is -4.55. The first-order chi connectivity index (χ1) is 8.82. The van der Waals surface area contributed by atoms with Crippen LogP contribution in [0.1, 0.15) is 11.3 Å². The van der Waals surface area contributed by atoms with Crippen molar-refractivity contribution in [1.29, 1.82) is 0 Å². The maximum Gasteiger partial charge on any atom is 0.434 e. The summed E-state index contributed by atoms with van der Waals surface area (Å²) in [6.45, 7) is 0. The summed E-state index contributed by atoms with van der Waals surface area (Å²) >= 11 is 5.56. The van der Waals surface area contributed by atoms with Crippen molar-refractivity contribution in [3.63, 3.8) is 0 Å². The zero-order valence-electron chi connectivity index (χ0n) is 9.80. The van der Waals surface area contributed by atoms with Gasteiger partial charge in [0, 0.05) is 19.1 Å². The summed E-state index contributed by atoms with van der Waals surface area (Å²) in [6, 6.07) is 4.10. The van der Waals surface area contributed by atoms with E-state index in [0.29, 0.717) is 5.56 Å². The van der Waals surface area contributed by atoms with Gasteiger partial charge in [-0.2, -0.15) is 13.2 Å². The van der Waals surface area contributed by atoms with E-state index in [0.717, 1.165) is 10.8 Å². The fraction of sp³-hybridized carbons (Fsp3) is 0.250. The lowest BCUT2D eigenvalue weighted by molar-refractivity contribution is -0.140. The molecule has 0 fully saturated rings. The lowest BCUT2D eigenvalue weighted by Crippen LogP contribution is -2.05. The van der Waals surface area contributed by atoms with E-state index < -0.39 is 17.7 Å². The number of hydrogen-bond donors (Lipinski definition) is 0. The molecule has 7 heteroatoms. The van der Waals surface area contributed by atoms with E-state index in [1.807, 2.05) is 0 Å². The summed E-state index contributed by atoms with van der Waals surface area (Å²) in [6.07, 6.45) is -3.73. The van der Waals surface area contributed by atoms with Gasteiger partial charge in [0.2, 0.25) is 0 Å². The van der Waals surface area contributed by atoms with E-state index in [1.165, 1.54) is 19.2 Å². The Morgan fingerprint density at radius 2 is 2.00 bits per heavy atom. The SMILES string of the molecule is Cn1cc(C(F)(F)F)nc1-c1ccc(CCl)cc1F. The first kappa shape index (κ1) is 13.9. The van der Waals surface area contributed by atoms with Crippen LogP contribution in [0.2, 0.25) is 0 Å². The van der Waals surface area contributed by atoms with Gasteiger partial charge in [0.1, 0.15) is 11.6 Å². The lowest BCUT2D eigenvalue weighted by Gasteiger charge is -2.04. The van der Waals surface area contributed by atoms with E-state index in [1.54, 1.807) is 6.07 Å². The van der Waals surface area contributed by atoms with E-state index in [-0.39, 0.29) is 17.3 Å². The van der Waals surface area contributed by atoms with E-state index >= 15 is 0 Å². The average Bonchev–Trinajstić information content (AvgIpc) is 2.71. The van der Waals surface area contributed by atoms with Gasteiger partial charge >= 0.3 is 6.18 Å². The zero-order chi connectivity index (χ0) is 14.2. The zero-order valence-corrected chi connectivity index (χ0v) is 10.6. The molecule has 0 radical (unpaired) electrons. The summed E-state index contributed by atoms with van der Waals surface area (Å²) in [5, 5.41) is 0. The van der Waals surface area contributed by atoms with Crippen molar-refractivity contribution in [2.75, 3.05) is 0 Å². The second-order valence-corrected chi connectivity index (χ2v) is 4.27. The smallest absolute Gasteiger partial charge is 0.333 e. The predicted octanol–water partition coefficient (Wildman–Crippen LogP) is 3.98. The van der Waals surface area contributed by atoms with Crippen LogP contribution in [-0.4, -0.2) is 9.55 Å². The predicted molar refractivity (Wildman–Crippen MR) is 63.2 cm³/mol. The Hall–Kier alpha value is -1.56. The summed E-state index contributed by atoms with van der Waals surface area (Å²) in [5.41, 5.74) is -0.495. The fourth-order valence-electron chi connectivity index (χ4n) is 1.68. The normalized spacial score (nSPS) is 11.9. The van der Waals surface area contributed by atoms with E-state index in [4.69, 9.17) is 11.6 Å². The molecule has 0 aliphatic carbocycles. The molecule has 0 atom stereocenters. The maximum atomic E-state index is 13.8. The van der Waals surface area contributed by atoms with Crippen LogP contribution in [0.15, 0.2) is 24.4 Å². The molecule has 19 heavy (non-hydrogen) atoms. The Kier molecular flexibility index (Phi) is 3.54. The molecule has 2 nitrogen and oxygen atoms in total. The Morgan fingerprint density at radius 1 is 1.32 bits per heavy atom. The number of benzene rings is 1. The van der Waals surface area contributed by atoms with Crippen molar-refractivity contribution in [2.24, 2.45) is 7.05 Å². The number of nitrogens with zero attached hydrogens (tertiary/aromatic N) is 2. The quantitative estimate of drug-likeness (QED) is 0.604. The van der Waals surface area contributed by atoms with Crippen molar-refractivity contribution in [2.45, 2.75) is 12.1 Å². The molecular formula is C12H9ClF4N2. The van der Waals surface area contributed by atoms with Crippen LogP contribution in [0, 0.1) is 5.82 Å². The standard InChI is InChI=1S/C12H9ClF4N2/c1-19-6-10(12(15,16)17)18-11(19)8-3-2-7(5-13)4-9(8)14/h2-4,6H,5H2,1H3. The van der Waals surface area contributed by atoms with Gasteiger partial charge in [-0.05, 0) is 17.7 Å². The van der Waals surface area contributed by atoms with Crippen LogP contribution in [-0.2, 0) is 19.1 Å². The number of halogens is 5. The summed E-state index contributed by atoms with van der Waals surface area (Å²) in [5.74, 6) is -0.600. The first-order valence-corrected chi connectivity index (χ1v) is 5.81. The van der Waals surface area contributed by atoms with Crippen molar-refractivity contribution >= 4 is 11.6 Å². The third-order valence-corrected chi connectivity index (χ3v) is 2.90. The van der Waals surface area contributed by atoms with Gasteiger partial charge in [-0.25, -0.2) is 9.37 Å². The number of hydrogen-bond acceptors (Lipinski definition) is 1. The second-order valence-electron chi connectivity index (χ2n) is 4.01. The van der Waals surface area contributed by atoms with Gasteiger partial charge in [-0.1, -0.05) is 6.07 Å². The van der Waals surface area contributed by atoms with Crippen molar-refractivity contribution in [3.05, 3.63) is 41.5 Å². The van der Waals surface area contributed by atoms with Crippen molar-refractivity contribution < 1.29 is 17.6 Å². The fourth-order valence-corrected chi connectivity index (χ4v) is 1.84. The summed E-state index contributed by atoms with van der Waals surface area (Å²) < 4.78 is 52.5. The molecular weight excluding hydrogens is 284 g/mol. The Balaban J connectivity index is 2.51. The number of aromatic nitrogens is 2. The Bertz CT molecular complexity index is 604. The van der Waals surface area contributed by atoms with Gasteiger partial charge in [-0.3, -0.25) is 0 Å². The Morgan fingerprint density at radius 3 is 2.47 bits per heavy atom. The van der Waals surface area contributed by atoms with Gasteiger partial charge < -0.3 is 4.57 Å². The highest BCUT2D eigenvalue weighted by Gasteiger charge is 2.34. The van der Waals surface area contributed by atoms with Crippen LogP contribution in [0.5, 0.6) is 0 Å².